The van der Waals surface area contributed by atoms with Crippen molar-refractivity contribution in [3.8, 4) is 0 Å². The lowest BCUT2D eigenvalue weighted by Crippen LogP contribution is -2.55. The van der Waals surface area contributed by atoms with Crippen molar-refractivity contribution in [2.75, 3.05) is 72.7 Å². The van der Waals surface area contributed by atoms with Gasteiger partial charge in [-0.3, -0.25) is 19.3 Å². The fourth-order valence-electron chi connectivity index (χ4n) is 9.13. The van der Waals surface area contributed by atoms with Gasteiger partial charge in [0.1, 0.15) is 6.04 Å². The van der Waals surface area contributed by atoms with Crippen LogP contribution < -0.4 is 0 Å². The standard InChI is InChI=1S/C39H60ClN5O5/c1-38(2)14-10-30(11-15-38)45(37(49)39(3,4)26-46)31-22-34(36(48)42-18-16-41(5)17-19-42)44(23-31)35(47)33-25-43(29-12-20-50-21-13-29)24-32(33)27-6-8-28(40)9-7-27/h6-9,29-34,46H,10-26H2,1-5H3/t31?,32-,33+,34-/m0/s1. The van der Waals surface area contributed by atoms with E-state index in [1.807, 2.05) is 39.0 Å². The van der Waals surface area contributed by atoms with Crippen molar-refractivity contribution < 1.29 is 24.2 Å². The van der Waals surface area contributed by atoms with E-state index in [2.05, 4.69) is 30.7 Å². The van der Waals surface area contributed by atoms with Gasteiger partial charge in [0.15, 0.2) is 0 Å². The van der Waals surface area contributed by atoms with E-state index in [1.165, 1.54) is 0 Å². The van der Waals surface area contributed by atoms with Crippen molar-refractivity contribution in [3.63, 3.8) is 0 Å². The molecule has 10 nitrogen and oxygen atoms in total. The fraction of sp³-hybridized carbons (Fsp3) is 0.769. The van der Waals surface area contributed by atoms with Gasteiger partial charge in [-0.05, 0) is 89.0 Å². The van der Waals surface area contributed by atoms with Gasteiger partial charge in [-0.25, -0.2) is 0 Å². The SMILES string of the molecule is CN1CCN(C(=O)[C@@H]2CC(N(C(=O)C(C)(C)CO)C3CCC(C)(C)CC3)CN2C(=O)[C@@H]2CN(C3CCOCC3)C[C@H]2c2ccc(Cl)cc2)CC1. The van der Waals surface area contributed by atoms with Crippen LogP contribution in [0.15, 0.2) is 24.3 Å². The second-order valence-corrected chi connectivity index (χ2v) is 17.7. The van der Waals surface area contributed by atoms with Gasteiger partial charge < -0.3 is 29.4 Å². The molecule has 1 saturated carbocycles. The Labute approximate surface area is 304 Å². The Morgan fingerprint density at radius 2 is 1.56 bits per heavy atom. The molecule has 11 heteroatoms. The molecule has 4 atom stereocenters. The number of hydrogen-bond acceptors (Lipinski definition) is 7. The van der Waals surface area contributed by atoms with Crippen LogP contribution in [0.2, 0.25) is 5.02 Å². The topological polar surface area (TPSA) is 96.9 Å². The zero-order chi connectivity index (χ0) is 35.8. The Kier molecular flexibility index (Phi) is 11.5. The van der Waals surface area contributed by atoms with Crippen LogP contribution in [0.25, 0.3) is 0 Å². The molecule has 1 aromatic carbocycles. The first-order chi connectivity index (χ1) is 23.8. The lowest BCUT2D eigenvalue weighted by atomic mass is 9.74. The fourth-order valence-corrected chi connectivity index (χ4v) is 9.26. The Bertz CT molecular complexity index is 1350. The number of amides is 3. The summed E-state index contributed by atoms with van der Waals surface area (Å²) in [6.45, 7) is 14.0. The molecule has 4 saturated heterocycles. The molecule has 0 aromatic heterocycles. The molecule has 1 aromatic rings. The smallest absolute Gasteiger partial charge is 0.245 e. The third kappa shape index (κ3) is 8.04. The first-order valence-corrected chi connectivity index (χ1v) is 19.4. The normalized spacial score (nSPS) is 29.0. The van der Waals surface area contributed by atoms with Crippen LogP contribution >= 0.6 is 11.6 Å². The zero-order valence-electron chi connectivity index (χ0n) is 31.0. The molecule has 4 heterocycles. The van der Waals surface area contributed by atoms with Crippen LogP contribution in [0.4, 0.5) is 0 Å². The van der Waals surface area contributed by atoms with Gasteiger partial charge in [-0.15, -0.1) is 0 Å². The Balaban J connectivity index is 1.33. The summed E-state index contributed by atoms with van der Waals surface area (Å²) < 4.78 is 5.68. The predicted molar refractivity (Wildman–Crippen MR) is 195 cm³/mol. The van der Waals surface area contributed by atoms with Crippen molar-refractivity contribution >= 4 is 29.3 Å². The van der Waals surface area contributed by atoms with Gasteiger partial charge in [0.25, 0.3) is 0 Å². The van der Waals surface area contributed by atoms with E-state index in [-0.39, 0.29) is 53.7 Å². The van der Waals surface area contributed by atoms with E-state index in [1.54, 1.807) is 13.8 Å². The Morgan fingerprint density at radius 1 is 0.920 bits per heavy atom. The summed E-state index contributed by atoms with van der Waals surface area (Å²) in [6, 6.07) is 7.33. The molecule has 0 spiro atoms. The first kappa shape index (κ1) is 37.5. The van der Waals surface area contributed by atoms with Gasteiger partial charge in [0.2, 0.25) is 17.7 Å². The molecule has 0 radical (unpaired) electrons. The number of carbonyl (C=O) groups excluding carboxylic acids is 3. The highest BCUT2D eigenvalue weighted by Gasteiger charge is 2.52. The number of rotatable bonds is 8. The molecule has 5 fully saturated rings. The van der Waals surface area contributed by atoms with Crippen molar-refractivity contribution in [2.45, 2.75) is 103 Å². The maximum absolute atomic E-state index is 15.2. The van der Waals surface area contributed by atoms with E-state index in [9.17, 15) is 14.7 Å². The number of carbonyl (C=O) groups is 3. The number of likely N-dealkylation sites (N-methyl/N-ethyl adjacent to an activating group) is 1. The molecule has 1 aliphatic carbocycles. The minimum atomic E-state index is -0.962. The number of hydrogen-bond donors (Lipinski definition) is 1. The van der Waals surface area contributed by atoms with Crippen LogP contribution in [-0.2, 0) is 19.1 Å². The molecule has 50 heavy (non-hydrogen) atoms. The number of aliphatic hydroxyl groups is 1. The van der Waals surface area contributed by atoms with Crippen LogP contribution in [0, 0.1) is 16.7 Å². The second kappa shape index (κ2) is 15.4. The number of ether oxygens (including phenoxy) is 1. The minimum absolute atomic E-state index is 0.00475. The number of benzene rings is 1. The highest BCUT2D eigenvalue weighted by atomic mass is 35.5. The molecule has 278 valence electrons. The third-order valence-corrected chi connectivity index (χ3v) is 12.9. The molecular formula is C39H60ClN5O5. The summed E-state index contributed by atoms with van der Waals surface area (Å²) in [6.07, 6.45) is 6.08. The quantitative estimate of drug-likeness (QED) is 0.434. The summed E-state index contributed by atoms with van der Waals surface area (Å²) in [4.78, 5) is 54.6. The lowest BCUT2D eigenvalue weighted by molar-refractivity contribution is -0.149. The van der Waals surface area contributed by atoms with E-state index >= 15 is 4.79 Å². The Morgan fingerprint density at radius 3 is 2.18 bits per heavy atom. The largest absolute Gasteiger partial charge is 0.395 e. The van der Waals surface area contributed by atoms with E-state index in [0.717, 1.165) is 76.9 Å². The zero-order valence-corrected chi connectivity index (χ0v) is 31.7. The maximum atomic E-state index is 15.2. The molecule has 0 bridgehead atoms. The van der Waals surface area contributed by atoms with Gasteiger partial charge >= 0.3 is 0 Å². The summed E-state index contributed by atoms with van der Waals surface area (Å²) in [5.74, 6) is -0.440. The first-order valence-electron chi connectivity index (χ1n) is 19.1. The van der Waals surface area contributed by atoms with Crippen molar-refractivity contribution in [3.05, 3.63) is 34.9 Å². The van der Waals surface area contributed by atoms with Crippen molar-refractivity contribution in [2.24, 2.45) is 16.7 Å². The molecular weight excluding hydrogens is 654 g/mol. The molecule has 6 rings (SSSR count). The highest BCUT2D eigenvalue weighted by Crippen LogP contribution is 2.42. The summed E-state index contributed by atoms with van der Waals surface area (Å²) in [5.41, 5.74) is 0.341. The Hall–Kier alpha value is -2.24. The number of piperazine rings is 1. The van der Waals surface area contributed by atoms with E-state index < -0.39 is 11.5 Å². The van der Waals surface area contributed by atoms with Crippen LogP contribution in [0.1, 0.15) is 84.1 Å². The maximum Gasteiger partial charge on any atom is 0.245 e. The van der Waals surface area contributed by atoms with Crippen molar-refractivity contribution in [1.82, 2.24) is 24.5 Å². The minimum Gasteiger partial charge on any atom is -0.395 e. The average Bonchev–Trinajstić information content (AvgIpc) is 3.75. The molecule has 1 unspecified atom stereocenters. The number of nitrogens with zero attached hydrogens (tertiary/aromatic N) is 5. The van der Waals surface area contributed by atoms with Gasteiger partial charge in [0.05, 0.1) is 24.0 Å². The van der Waals surface area contributed by atoms with E-state index in [4.69, 9.17) is 16.3 Å². The monoisotopic (exact) mass is 713 g/mol. The predicted octanol–water partition coefficient (Wildman–Crippen LogP) is 4.09. The lowest BCUT2D eigenvalue weighted by Gasteiger charge is -2.45. The number of likely N-dealkylation sites (tertiary alicyclic amines) is 2. The van der Waals surface area contributed by atoms with Gasteiger partial charge in [-0.2, -0.15) is 0 Å². The van der Waals surface area contributed by atoms with Crippen molar-refractivity contribution in [1.29, 1.82) is 0 Å². The second-order valence-electron chi connectivity index (χ2n) is 17.2. The summed E-state index contributed by atoms with van der Waals surface area (Å²) >= 11 is 6.31. The molecule has 4 aliphatic heterocycles. The highest BCUT2D eigenvalue weighted by molar-refractivity contribution is 6.30. The van der Waals surface area contributed by atoms with Crippen LogP contribution in [-0.4, -0.2) is 144 Å². The van der Waals surface area contributed by atoms with Gasteiger partial charge in [-0.1, -0.05) is 37.6 Å². The number of halogens is 1. The molecule has 5 aliphatic rings. The third-order valence-electron chi connectivity index (χ3n) is 12.6. The summed E-state index contributed by atoms with van der Waals surface area (Å²) in [7, 11) is 2.07. The van der Waals surface area contributed by atoms with E-state index in [0.29, 0.717) is 43.7 Å². The summed E-state index contributed by atoms with van der Waals surface area (Å²) in [5, 5.41) is 11.0. The average molecular weight is 714 g/mol. The number of aliphatic hydroxyl groups excluding tert-OH is 1. The van der Waals surface area contributed by atoms with Gasteiger partial charge in [0, 0.05) is 82.1 Å². The molecule has 1 N–H and O–H groups in total. The van der Waals surface area contributed by atoms with Crippen LogP contribution in [0.3, 0.4) is 0 Å². The molecule has 3 amide bonds. The van der Waals surface area contributed by atoms with Crippen LogP contribution in [0.5, 0.6) is 0 Å².